The Morgan fingerprint density at radius 3 is 2.32 bits per heavy atom. The van der Waals surface area contributed by atoms with Gasteiger partial charge in [0, 0.05) is 22.3 Å². The van der Waals surface area contributed by atoms with Crippen molar-refractivity contribution in [2.75, 3.05) is 33.6 Å². The lowest BCUT2D eigenvalue weighted by atomic mass is 10.2. The Labute approximate surface area is 181 Å². The van der Waals surface area contributed by atoms with Gasteiger partial charge in [-0.2, -0.15) is 11.8 Å². The van der Waals surface area contributed by atoms with E-state index in [1.807, 2.05) is 23.9 Å². The largest absolute Gasteiger partial charge is 0.493 e. The zero-order valence-electron chi connectivity index (χ0n) is 15.7. The second-order valence-electron chi connectivity index (χ2n) is 5.81. The summed E-state index contributed by atoms with van der Waals surface area (Å²) in [6.07, 6.45) is 2.12. The summed E-state index contributed by atoms with van der Waals surface area (Å²) in [4.78, 5) is 4.67. The molecule has 0 atom stereocenters. The Hall–Kier alpha value is -0.350. The summed E-state index contributed by atoms with van der Waals surface area (Å²) in [5, 5.41) is 6.68. The number of halogens is 2. The summed E-state index contributed by atoms with van der Waals surface area (Å²) < 4.78 is 11.8. The maximum atomic E-state index is 5.36. The Balaban J connectivity index is 0.00000576. The van der Waals surface area contributed by atoms with Gasteiger partial charge in [0.15, 0.2) is 17.5 Å². The van der Waals surface area contributed by atoms with Crippen LogP contribution in [0.25, 0.3) is 0 Å². The van der Waals surface area contributed by atoms with Gasteiger partial charge in [-0.25, -0.2) is 4.99 Å². The van der Waals surface area contributed by atoms with Crippen molar-refractivity contribution in [2.45, 2.75) is 32.1 Å². The van der Waals surface area contributed by atoms with E-state index in [-0.39, 0.29) is 28.7 Å². The number of benzene rings is 1. The molecule has 0 spiro atoms. The van der Waals surface area contributed by atoms with Crippen molar-refractivity contribution in [1.82, 2.24) is 10.6 Å². The monoisotopic (exact) mass is 545 g/mol. The van der Waals surface area contributed by atoms with Gasteiger partial charge in [0.2, 0.25) is 0 Å². The van der Waals surface area contributed by atoms with E-state index < -0.39 is 0 Å². The lowest BCUT2D eigenvalue weighted by molar-refractivity contribution is 0.354. The quantitative estimate of drug-likeness (QED) is 0.290. The van der Waals surface area contributed by atoms with E-state index in [0.29, 0.717) is 18.0 Å². The van der Waals surface area contributed by atoms with Crippen LogP contribution in [0.2, 0.25) is 0 Å². The molecule has 8 heteroatoms. The highest BCUT2D eigenvalue weighted by atomic mass is 127. The third kappa shape index (κ3) is 8.25. The van der Waals surface area contributed by atoms with Crippen LogP contribution in [0, 0.1) is 0 Å². The fourth-order valence-electron chi connectivity index (χ4n) is 1.89. The number of hydrogen-bond acceptors (Lipinski definition) is 4. The number of aliphatic imine (C=N–C) groups is 1. The predicted octanol–water partition coefficient (Wildman–Crippen LogP) is 4.28. The lowest BCUT2D eigenvalue weighted by Gasteiger charge is -2.23. The molecule has 0 amide bonds. The molecule has 0 bridgehead atoms. The molecule has 0 radical (unpaired) electrons. The van der Waals surface area contributed by atoms with Crippen molar-refractivity contribution in [3.05, 3.63) is 22.2 Å². The first-order valence-electron chi connectivity index (χ1n) is 7.84. The standard InChI is InChI=1S/C17H28BrN3O2S.HI/c1-7-19-16(21-11-17(2,3)24-6)20-10-12-8-14(22-4)15(23-5)9-13(12)18;/h8-9H,7,10-11H2,1-6H3,(H2,19,20,21);1H. The fourth-order valence-corrected chi connectivity index (χ4v) is 2.56. The van der Waals surface area contributed by atoms with Crippen molar-refractivity contribution in [3.8, 4) is 11.5 Å². The predicted molar refractivity (Wildman–Crippen MR) is 123 cm³/mol. The molecular formula is C17H29BrIN3O2S. The minimum Gasteiger partial charge on any atom is -0.493 e. The Bertz CT molecular complexity index is 571. The second kappa shape index (κ2) is 12.1. The van der Waals surface area contributed by atoms with Crippen molar-refractivity contribution < 1.29 is 9.47 Å². The average molecular weight is 546 g/mol. The van der Waals surface area contributed by atoms with Crippen molar-refractivity contribution in [1.29, 1.82) is 0 Å². The van der Waals surface area contributed by atoms with Crippen LogP contribution in [0.1, 0.15) is 26.3 Å². The van der Waals surface area contributed by atoms with Gasteiger partial charge in [0.25, 0.3) is 0 Å². The molecule has 144 valence electrons. The minimum atomic E-state index is 0. The first-order valence-corrected chi connectivity index (χ1v) is 9.86. The van der Waals surface area contributed by atoms with Crippen molar-refractivity contribution >= 4 is 57.6 Å². The van der Waals surface area contributed by atoms with Gasteiger partial charge in [-0.05, 0) is 44.7 Å². The SMILES string of the molecule is CCNC(=NCc1cc(OC)c(OC)cc1Br)NCC(C)(C)SC.I. The smallest absolute Gasteiger partial charge is 0.191 e. The molecule has 0 aromatic heterocycles. The summed E-state index contributed by atoms with van der Waals surface area (Å²) in [6, 6.07) is 3.85. The molecule has 1 aromatic rings. The first-order chi connectivity index (χ1) is 11.4. The number of thioether (sulfide) groups is 1. The molecule has 1 rings (SSSR count). The van der Waals surface area contributed by atoms with Crippen LogP contribution in [0.15, 0.2) is 21.6 Å². The van der Waals surface area contributed by atoms with E-state index in [1.165, 1.54) is 0 Å². The molecule has 0 aliphatic rings. The van der Waals surface area contributed by atoms with Gasteiger partial charge >= 0.3 is 0 Å². The number of methoxy groups -OCH3 is 2. The fraction of sp³-hybridized carbons (Fsp3) is 0.588. The molecule has 5 nitrogen and oxygen atoms in total. The molecule has 0 fully saturated rings. The second-order valence-corrected chi connectivity index (χ2v) is 8.18. The number of rotatable bonds is 8. The number of guanidine groups is 1. The van der Waals surface area contributed by atoms with Gasteiger partial charge in [0.1, 0.15) is 0 Å². The van der Waals surface area contributed by atoms with Crippen LogP contribution >= 0.6 is 51.7 Å². The van der Waals surface area contributed by atoms with E-state index >= 15 is 0 Å². The third-order valence-electron chi connectivity index (χ3n) is 3.54. The maximum Gasteiger partial charge on any atom is 0.191 e. The first kappa shape index (κ1) is 24.7. The van der Waals surface area contributed by atoms with Crippen LogP contribution < -0.4 is 20.1 Å². The molecule has 2 N–H and O–H groups in total. The van der Waals surface area contributed by atoms with Gasteiger partial charge in [-0.15, -0.1) is 24.0 Å². The zero-order chi connectivity index (χ0) is 18.2. The number of ether oxygens (including phenoxy) is 2. The number of nitrogens with one attached hydrogen (secondary N) is 2. The molecular weight excluding hydrogens is 517 g/mol. The highest BCUT2D eigenvalue weighted by molar-refractivity contribution is 14.0. The van der Waals surface area contributed by atoms with E-state index in [2.05, 4.69) is 58.6 Å². The minimum absolute atomic E-state index is 0. The molecule has 1 aromatic carbocycles. The van der Waals surface area contributed by atoms with Crippen LogP contribution in [0.3, 0.4) is 0 Å². The van der Waals surface area contributed by atoms with E-state index in [4.69, 9.17) is 9.47 Å². The third-order valence-corrected chi connectivity index (χ3v) is 5.53. The Morgan fingerprint density at radius 2 is 1.80 bits per heavy atom. The Morgan fingerprint density at radius 1 is 1.20 bits per heavy atom. The lowest BCUT2D eigenvalue weighted by Crippen LogP contribution is -2.43. The van der Waals surface area contributed by atoms with E-state index in [9.17, 15) is 0 Å². The van der Waals surface area contributed by atoms with Gasteiger partial charge in [-0.1, -0.05) is 15.9 Å². The summed E-state index contributed by atoms with van der Waals surface area (Å²) in [5.41, 5.74) is 1.04. The van der Waals surface area contributed by atoms with Crippen LogP contribution in [-0.2, 0) is 6.54 Å². The number of nitrogens with zero attached hydrogens (tertiary/aromatic N) is 1. The average Bonchev–Trinajstić information content (AvgIpc) is 2.57. The Kier molecular flexibility index (Phi) is 11.9. The maximum absolute atomic E-state index is 5.36. The van der Waals surface area contributed by atoms with Crippen LogP contribution in [-0.4, -0.2) is 44.3 Å². The molecule has 0 aliphatic heterocycles. The normalized spacial score (nSPS) is 11.6. The molecule has 25 heavy (non-hydrogen) atoms. The number of hydrogen-bond donors (Lipinski definition) is 2. The highest BCUT2D eigenvalue weighted by Gasteiger charge is 2.16. The van der Waals surface area contributed by atoms with Gasteiger partial charge in [-0.3, -0.25) is 0 Å². The highest BCUT2D eigenvalue weighted by Crippen LogP contribution is 2.33. The summed E-state index contributed by atoms with van der Waals surface area (Å²) in [7, 11) is 3.26. The van der Waals surface area contributed by atoms with E-state index in [1.54, 1.807) is 14.2 Å². The summed E-state index contributed by atoms with van der Waals surface area (Å²) >= 11 is 5.40. The van der Waals surface area contributed by atoms with Crippen molar-refractivity contribution in [3.63, 3.8) is 0 Å². The molecule has 0 saturated carbocycles. The van der Waals surface area contributed by atoms with Crippen LogP contribution in [0.4, 0.5) is 0 Å². The zero-order valence-corrected chi connectivity index (χ0v) is 20.5. The molecule has 0 heterocycles. The van der Waals surface area contributed by atoms with Crippen LogP contribution in [0.5, 0.6) is 11.5 Å². The van der Waals surface area contributed by atoms with Gasteiger partial charge < -0.3 is 20.1 Å². The molecule has 0 unspecified atom stereocenters. The van der Waals surface area contributed by atoms with Gasteiger partial charge in [0.05, 0.1) is 20.8 Å². The van der Waals surface area contributed by atoms with E-state index in [0.717, 1.165) is 29.1 Å². The molecule has 0 aliphatic carbocycles. The topological polar surface area (TPSA) is 54.9 Å². The summed E-state index contributed by atoms with van der Waals surface area (Å²) in [6.45, 7) is 8.67. The molecule has 0 saturated heterocycles. The van der Waals surface area contributed by atoms with Crippen molar-refractivity contribution in [2.24, 2.45) is 4.99 Å². The summed E-state index contributed by atoms with van der Waals surface area (Å²) in [5.74, 6) is 2.21.